The van der Waals surface area contributed by atoms with Crippen LogP contribution in [0.3, 0.4) is 0 Å². The zero-order valence-electron chi connectivity index (χ0n) is 13.5. The van der Waals surface area contributed by atoms with Crippen molar-refractivity contribution in [1.29, 1.82) is 0 Å². The lowest BCUT2D eigenvalue weighted by Gasteiger charge is -2.09. The molecule has 4 aromatic rings. The summed E-state index contributed by atoms with van der Waals surface area (Å²) in [5.74, 6) is 0. The molecule has 1 N–H and O–H groups in total. The Hall–Kier alpha value is -2.65. The predicted octanol–water partition coefficient (Wildman–Crippen LogP) is 5.88. The van der Waals surface area contributed by atoms with Crippen LogP contribution in [0, 0.1) is 6.92 Å². The van der Waals surface area contributed by atoms with E-state index >= 15 is 0 Å². The van der Waals surface area contributed by atoms with Gasteiger partial charge in [0.1, 0.15) is 5.01 Å². The Morgan fingerprint density at radius 2 is 1.62 bits per heavy atom. The van der Waals surface area contributed by atoms with Gasteiger partial charge in [-0.05, 0) is 54.4 Å². The summed E-state index contributed by atoms with van der Waals surface area (Å²) < 4.78 is 1.23. The number of fused-ring (bicyclic) bond motifs is 1. The van der Waals surface area contributed by atoms with E-state index in [4.69, 9.17) is 4.98 Å². The van der Waals surface area contributed by atoms with Gasteiger partial charge in [0, 0.05) is 17.8 Å². The van der Waals surface area contributed by atoms with Gasteiger partial charge in [0.05, 0.1) is 10.2 Å². The average Bonchev–Trinajstić information content (AvgIpc) is 3.06. The highest BCUT2D eigenvalue weighted by atomic mass is 32.1. The average molecular weight is 330 g/mol. The molecule has 0 fully saturated rings. The molecule has 0 saturated heterocycles. The highest BCUT2D eigenvalue weighted by Crippen LogP contribution is 2.30. The molecule has 4 rings (SSSR count). The fraction of sp³-hybridized carbons (Fsp3) is 0.0952. The number of hydrogen-bond donors (Lipinski definition) is 1. The van der Waals surface area contributed by atoms with Crippen molar-refractivity contribution in [3.8, 4) is 10.6 Å². The van der Waals surface area contributed by atoms with Crippen molar-refractivity contribution < 1.29 is 0 Å². The minimum absolute atomic E-state index is 0.840. The van der Waals surface area contributed by atoms with E-state index in [0.717, 1.165) is 28.3 Å². The fourth-order valence-electron chi connectivity index (χ4n) is 2.73. The molecule has 0 aliphatic rings. The van der Waals surface area contributed by atoms with E-state index in [-0.39, 0.29) is 0 Å². The molecule has 0 aliphatic carbocycles. The Kier molecular flexibility index (Phi) is 4.01. The minimum Gasteiger partial charge on any atom is -0.381 e. The maximum absolute atomic E-state index is 4.72. The molecular weight excluding hydrogens is 312 g/mol. The van der Waals surface area contributed by atoms with Gasteiger partial charge in [0.2, 0.25) is 0 Å². The molecule has 0 amide bonds. The lowest BCUT2D eigenvalue weighted by molar-refractivity contribution is 1.12. The molecule has 2 nitrogen and oxygen atoms in total. The predicted molar refractivity (Wildman–Crippen MR) is 104 cm³/mol. The van der Waals surface area contributed by atoms with Crippen molar-refractivity contribution in [2.45, 2.75) is 13.5 Å². The summed E-state index contributed by atoms with van der Waals surface area (Å²) in [6, 6.07) is 25.3. The van der Waals surface area contributed by atoms with Gasteiger partial charge in [-0.3, -0.25) is 0 Å². The Balaban J connectivity index is 1.51. The number of aromatic nitrogens is 1. The largest absolute Gasteiger partial charge is 0.381 e. The van der Waals surface area contributed by atoms with Crippen LogP contribution in [0.15, 0.2) is 72.8 Å². The van der Waals surface area contributed by atoms with Crippen molar-refractivity contribution in [3.63, 3.8) is 0 Å². The highest BCUT2D eigenvalue weighted by molar-refractivity contribution is 7.21. The highest BCUT2D eigenvalue weighted by Gasteiger charge is 2.05. The zero-order chi connectivity index (χ0) is 16.4. The first-order chi connectivity index (χ1) is 11.8. The molecule has 3 aromatic carbocycles. The Morgan fingerprint density at radius 1 is 0.875 bits per heavy atom. The molecule has 0 atom stereocenters. The molecule has 24 heavy (non-hydrogen) atoms. The number of hydrogen-bond acceptors (Lipinski definition) is 3. The number of para-hydroxylation sites is 1. The lowest BCUT2D eigenvalue weighted by atomic mass is 10.1. The van der Waals surface area contributed by atoms with Crippen LogP contribution in [0.1, 0.15) is 11.1 Å². The molecular formula is C21H18N2S. The molecule has 1 heterocycles. The first-order valence-corrected chi connectivity index (χ1v) is 8.86. The summed E-state index contributed by atoms with van der Waals surface area (Å²) in [5.41, 5.74) is 6.00. The maximum Gasteiger partial charge on any atom is 0.124 e. The third-order valence-corrected chi connectivity index (χ3v) is 5.26. The molecule has 1 aromatic heterocycles. The Morgan fingerprint density at radius 3 is 2.42 bits per heavy atom. The number of nitrogens with zero attached hydrogens (tertiary/aromatic N) is 1. The number of rotatable bonds is 4. The van der Waals surface area contributed by atoms with Crippen LogP contribution in [0.5, 0.6) is 0 Å². The summed E-state index contributed by atoms with van der Waals surface area (Å²) in [6.45, 7) is 2.99. The summed E-state index contributed by atoms with van der Waals surface area (Å²) in [6.07, 6.45) is 0. The van der Waals surface area contributed by atoms with E-state index in [1.165, 1.54) is 15.8 Å². The van der Waals surface area contributed by atoms with E-state index in [9.17, 15) is 0 Å². The monoisotopic (exact) mass is 330 g/mol. The molecule has 0 radical (unpaired) electrons. The molecule has 0 bridgehead atoms. The number of benzene rings is 3. The van der Waals surface area contributed by atoms with Crippen LogP contribution < -0.4 is 5.32 Å². The summed E-state index contributed by atoms with van der Waals surface area (Å²) >= 11 is 1.74. The lowest BCUT2D eigenvalue weighted by Crippen LogP contribution is -2.00. The van der Waals surface area contributed by atoms with Crippen LogP contribution in [-0.4, -0.2) is 4.98 Å². The first kappa shape index (κ1) is 14.9. The summed E-state index contributed by atoms with van der Waals surface area (Å²) in [7, 11) is 0. The topological polar surface area (TPSA) is 24.9 Å². The van der Waals surface area contributed by atoms with Crippen LogP contribution in [0.4, 0.5) is 5.69 Å². The molecule has 0 spiro atoms. The van der Waals surface area contributed by atoms with E-state index in [1.807, 2.05) is 6.07 Å². The van der Waals surface area contributed by atoms with Gasteiger partial charge >= 0.3 is 0 Å². The van der Waals surface area contributed by atoms with Crippen molar-refractivity contribution >= 4 is 27.2 Å². The van der Waals surface area contributed by atoms with Crippen LogP contribution in [-0.2, 0) is 6.54 Å². The number of aryl methyl sites for hydroxylation is 1. The third kappa shape index (κ3) is 3.03. The summed E-state index contributed by atoms with van der Waals surface area (Å²) in [5, 5.41) is 4.56. The first-order valence-electron chi connectivity index (χ1n) is 8.04. The smallest absolute Gasteiger partial charge is 0.124 e. The van der Waals surface area contributed by atoms with Crippen LogP contribution in [0.25, 0.3) is 20.8 Å². The second kappa shape index (κ2) is 6.46. The maximum atomic E-state index is 4.72. The van der Waals surface area contributed by atoms with Gasteiger partial charge in [-0.1, -0.05) is 36.4 Å². The van der Waals surface area contributed by atoms with Crippen molar-refractivity contribution in [2.75, 3.05) is 5.32 Å². The van der Waals surface area contributed by atoms with Gasteiger partial charge in [0.15, 0.2) is 0 Å². The molecule has 0 aliphatic heterocycles. The molecule has 0 unspecified atom stereocenters. The van der Waals surface area contributed by atoms with Gasteiger partial charge in [-0.25, -0.2) is 4.98 Å². The van der Waals surface area contributed by atoms with Gasteiger partial charge in [0.25, 0.3) is 0 Å². The van der Waals surface area contributed by atoms with E-state index in [2.05, 4.69) is 79.0 Å². The van der Waals surface area contributed by atoms with Gasteiger partial charge < -0.3 is 5.32 Å². The standard InChI is InChI=1S/C21H18N2S/c1-15-6-2-3-7-17(15)14-22-18-12-10-16(11-13-18)21-23-19-8-4-5-9-20(19)24-21/h2-13,22H,14H2,1H3. The fourth-order valence-corrected chi connectivity index (χ4v) is 3.70. The Labute approximate surface area is 145 Å². The van der Waals surface area contributed by atoms with Crippen molar-refractivity contribution in [3.05, 3.63) is 83.9 Å². The van der Waals surface area contributed by atoms with Crippen molar-refractivity contribution in [2.24, 2.45) is 0 Å². The second-order valence-electron chi connectivity index (χ2n) is 5.84. The number of anilines is 1. The van der Waals surface area contributed by atoms with Gasteiger partial charge in [-0.15, -0.1) is 11.3 Å². The zero-order valence-corrected chi connectivity index (χ0v) is 14.3. The SMILES string of the molecule is Cc1ccccc1CNc1ccc(-c2nc3ccccc3s2)cc1. The van der Waals surface area contributed by atoms with E-state index in [1.54, 1.807) is 11.3 Å². The van der Waals surface area contributed by atoms with Crippen molar-refractivity contribution in [1.82, 2.24) is 4.98 Å². The third-order valence-electron chi connectivity index (χ3n) is 4.17. The van der Waals surface area contributed by atoms with Crippen LogP contribution in [0.2, 0.25) is 0 Å². The van der Waals surface area contributed by atoms with E-state index < -0.39 is 0 Å². The molecule has 3 heteroatoms. The molecule has 118 valence electrons. The second-order valence-corrected chi connectivity index (χ2v) is 6.87. The van der Waals surface area contributed by atoms with E-state index in [0.29, 0.717) is 0 Å². The quantitative estimate of drug-likeness (QED) is 0.505. The number of nitrogens with one attached hydrogen (secondary N) is 1. The normalized spacial score (nSPS) is 10.9. The van der Waals surface area contributed by atoms with Gasteiger partial charge in [-0.2, -0.15) is 0 Å². The van der Waals surface area contributed by atoms with Crippen LogP contribution >= 0.6 is 11.3 Å². The molecule has 0 saturated carbocycles. The number of thiazole rings is 1. The summed E-state index contributed by atoms with van der Waals surface area (Å²) in [4.78, 5) is 4.72. The Bertz CT molecular complexity index is 937. The minimum atomic E-state index is 0.840.